The number of aromatic nitrogens is 3. The molecule has 3 saturated heterocycles. The third-order valence-corrected chi connectivity index (χ3v) is 7.71. The van der Waals surface area contributed by atoms with Gasteiger partial charge in [-0.25, -0.2) is 19.7 Å². The number of likely N-dealkylation sites (tertiary alicyclic amines) is 1. The molecule has 3 aliphatic heterocycles. The second kappa shape index (κ2) is 11.8. The molecule has 37 heavy (non-hydrogen) atoms. The van der Waals surface area contributed by atoms with E-state index in [1.807, 2.05) is 11.0 Å². The molecule has 1 atom stereocenters. The van der Waals surface area contributed by atoms with E-state index in [-0.39, 0.29) is 17.9 Å². The fourth-order valence-corrected chi connectivity index (χ4v) is 5.62. The molecule has 1 unspecified atom stereocenters. The number of nitrogens with one attached hydrogen (secondary N) is 1. The van der Waals surface area contributed by atoms with Gasteiger partial charge in [-0.2, -0.15) is 5.26 Å². The van der Waals surface area contributed by atoms with E-state index in [9.17, 15) is 9.59 Å². The van der Waals surface area contributed by atoms with Gasteiger partial charge in [0.25, 0.3) is 5.91 Å². The SMILES string of the molecule is N#CCN1CCCC(c2ccnc(Nc3nc(C(=O)N4CCN(C(=O)N5CCOCC5)CC4)cs3)n2)C1. The number of hydrogen-bond donors (Lipinski definition) is 1. The molecule has 1 N–H and O–H groups in total. The summed E-state index contributed by atoms with van der Waals surface area (Å²) in [6, 6.07) is 4.17. The number of nitrogens with zero attached hydrogens (tertiary/aromatic N) is 8. The van der Waals surface area contributed by atoms with Crippen molar-refractivity contribution in [3.63, 3.8) is 0 Å². The summed E-state index contributed by atoms with van der Waals surface area (Å²) in [5.74, 6) is 0.559. The highest BCUT2D eigenvalue weighted by Gasteiger charge is 2.29. The molecule has 0 radical (unpaired) electrons. The van der Waals surface area contributed by atoms with Gasteiger partial charge < -0.3 is 24.8 Å². The van der Waals surface area contributed by atoms with Gasteiger partial charge in [-0.15, -0.1) is 11.3 Å². The highest BCUT2D eigenvalue weighted by molar-refractivity contribution is 7.14. The maximum Gasteiger partial charge on any atom is 0.320 e. The number of amides is 3. The Kier molecular flexibility index (Phi) is 8.08. The van der Waals surface area contributed by atoms with Crippen LogP contribution in [-0.4, -0.2) is 119 Å². The molecule has 196 valence electrons. The molecule has 0 aromatic carbocycles. The Morgan fingerprint density at radius 3 is 2.62 bits per heavy atom. The van der Waals surface area contributed by atoms with Gasteiger partial charge in [-0.3, -0.25) is 9.69 Å². The van der Waals surface area contributed by atoms with Crippen LogP contribution in [0.5, 0.6) is 0 Å². The number of morpholine rings is 1. The first-order valence-electron chi connectivity index (χ1n) is 12.7. The quantitative estimate of drug-likeness (QED) is 0.578. The number of anilines is 2. The van der Waals surface area contributed by atoms with Crippen LogP contribution in [0.25, 0.3) is 0 Å². The number of ether oxygens (including phenoxy) is 1. The topological polar surface area (TPSA) is 131 Å². The molecule has 0 bridgehead atoms. The van der Waals surface area contributed by atoms with E-state index in [1.165, 1.54) is 11.3 Å². The van der Waals surface area contributed by atoms with Gasteiger partial charge in [0.15, 0.2) is 5.13 Å². The van der Waals surface area contributed by atoms with Crippen molar-refractivity contribution in [3.8, 4) is 6.07 Å². The number of rotatable bonds is 5. The van der Waals surface area contributed by atoms with Crippen LogP contribution in [0.15, 0.2) is 17.6 Å². The molecule has 0 aliphatic carbocycles. The summed E-state index contributed by atoms with van der Waals surface area (Å²) in [4.78, 5) is 46.7. The van der Waals surface area contributed by atoms with Gasteiger partial charge in [0.1, 0.15) is 5.69 Å². The van der Waals surface area contributed by atoms with Crippen LogP contribution >= 0.6 is 11.3 Å². The molecule has 0 spiro atoms. The third kappa shape index (κ3) is 6.15. The van der Waals surface area contributed by atoms with E-state index in [2.05, 4.69) is 31.2 Å². The molecule has 3 fully saturated rings. The third-order valence-electron chi connectivity index (χ3n) is 6.96. The number of carbonyl (C=O) groups is 2. The first-order chi connectivity index (χ1) is 18.1. The average molecular weight is 526 g/mol. The van der Waals surface area contributed by atoms with Gasteiger partial charge in [0.05, 0.1) is 31.5 Å². The second-order valence-corrected chi connectivity index (χ2v) is 10.2. The number of thiazole rings is 1. The van der Waals surface area contributed by atoms with E-state index >= 15 is 0 Å². The molecule has 3 aliphatic rings. The van der Waals surface area contributed by atoms with E-state index in [0.717, 1.165) is 31.6 Å². The second-order valence-electron chi connectivity index (χ2n) is 9.36. The van der Waals surface area contributed by atoms with Crippen LogP contribution in [0, 0.1) is 11.3 Å². The number of piperazine rings is 1. The van der Waals surface area contributed by atoms with Crippen molar-refractivity contribution in [1.82, 2.24) is 34.6 Å². The zero-order valence-electron chi connectivity index (χ0n) is 20.7. The summed E-state index contributed by atoms with van der Waals surface area (Å²) in [5.41, 5.74) is 1.31. The van der Waals surface area contributed by atoms with Crippen molar-refractivity contribution in [2.24, 2.45) is 0 Å². The van der Waals surface area contributed by atoms with E-state index in [1.54, 1.807) is 21.4 Å². The molecule has 5 heterocycles. The van der Waals surface area contributed by atoms with Crippen molar-refractivity contribution in [2.45, 2.75) is 18.8 Å². The molecule has 5 rings (SSSR count). The van der Waals surface area contributed by atoms with Gasteiger partial charge in [-0.1, -0.05) is 0 Å². The zero-order chi connectivity index (χ0) is 25.6. The largest absolute Gasteiger partial charge is 0.378 e. The Hall–Kier alpha value is -3.34. The summed E-state index contributed by atoms with van der Waals surface area (Å²) >= 11 is 1.33. The fourth-order valence-electron chi connectivity index (χ4n) is 4.94. The highest BCUT2D eigenvalue weighted by atomic mass is 32.1. The Morgan fingerprint density at radius 1 is 1.08 bits per heavy atom. The van der Waals surface area contributed by atoms with Crippen LogP contribution in [0.3, 0.4) is 0 Å². The Labute approximate surface area is 219 Å². The van der Waals surface area contributed by atoms with Gasteiger partial charge in [0.2, 0.25) is 5.95 Å². The number of hydrogen-bond acceptors (Lipinski definition) is 10. The molecule has 0 saturated carbocycles. The molecular formula is C24H31N9O3S. The highest BCUT2D eigenvalue weighted by Crippen LogP contribution is 2.27. The minimum Gasteiger partial charge on any atom is -0.378 e. The zero-order valence-corrected chi connectivity index (χ0v) is 21.5. The van der Waals surface area contributed by atoms with Gasteiger partial charge in [0, 0.05) is 63.3 Å². The van der Waals surface area contributed by atoms with Crippen molar-refractivity contribution in [3.05, 3.63) is 29.0 Å². The number of piperidine rings is 1. The molecule has 2 aromatic rings. The van der Waals surface area contributed by atoms with E-state index in [4.69, 9.17) is 10.00 Å². The van der Waals surface area contributed by atoms with E-state index < -0.39 is 0 Å². The summed E-state index contributed by atoms with van der Waals surface area (Å²) < 4.78 is 5.32. The van der Waals surface area contributed by atoms with Gasteiger partial charge >= 0.3 is 6.03 Å². The van der Waals surface area contributed by atoms with Crippen LogP contribution in [0.4, 0.5) is 15.9 Å². The lowest BCUT2D eigenvalue weighted by Gasteiger charge is -2.38. The standard InChI is InChI=1S/C24H31N9O3S/c25-4-7-30-6-1-2-18(16-30)19-3-5-26-22(27-19)29-23-28-20(17-37-23)21(34)31-8-10-32(11-9-31)24(35)33-12-14-36-15-13-33/h3,5,17-18H,1-2,6-16H2,(H,26,27,28,29). The van der Waals surface area contributed by atoms with Crippen molar-refractivity contribution in [2.75, 3.05) is 77.4 Å². The summed E-state index contributed by atoms with van der Waals surface area (Å²) in [7, 11) is 0. The maximum atomic E-state index is 13.0. The average Bonchev–Trinajstić information content (AvgIpc) is 3.42. The first kappa shape index (κ1) is 25.3. The lowest BCUT2D eigenvalue weighted by Crippen LogP contribution is -2.55. The minimum atomic E-state index is -0.141. The smallest absolute Gasteiger partial charge is 0.320 e. The normalized spacial score (nSPS) is 20.9. The summed E-state index contributed by atoms with van der Waals surface area (Å²) in [6.45, 7) is 6.51. The molecule has 13 heteroatoms. The predicted molar refractivity (Wildman–Crippen MR) is 137 cm³/mol. The van der Waals surface area contributed by atoms with Crippen LogP contribution in [0.1, 0.15) is 34.9 Å². The minimum absolute atomic E-state index is 0.0174. The first-order valence-corrected chi connectivity index (χ1v) is 13.5. The van der Waals surface area contributed by atoms with E-state index in [0.29, 0.717) is 75.8 Å². The lowest BCUT2D eigenvalue weighted by atomic mass is 9.94. The Balaban J connectivity index is 1.15. The monoisotopic (exact) mass is 525 g/mol. The predicted octanol–water partition coefficient (Wildman–Crippen LogP) is 1.59. The summed E-state index contributed by atoms with van der Waals surface area (Å²) in [6.07, 6.45) is 3.79. The number of carbonyl (C=O) groups excluding carboxylic acids is 2. The van der Waals surface area contributed by atoms with Crippen molar-refractivity contribution in [1.29, 1.82) is 5.26 Å². The Morgan fingerprint density at radius 2 is 1.84 bits per heavy atom. The summed E-state index contributed by atoms with van der Waals surface area (Å²) in [5, 5.41) is 14.4. The van der Waals surface area contributed by atoms with Crippen LogP contribution in [0.2, 0.25) is 0 Å². The fraction of sp³-hybridized carbons (Fsp3) is 0.583. The van der Waals surface area contributed by atoms with Crippen LogP contribution < -0.4 is 5.32 Å². The number of urea groups is 1. The van der Waals surface area contributed by atoms with Crippen molar-refractivity contribution < 1.29 is 14.3 Å². The van der Waals surface area contributed by atoms with Gasteiger partial charge in [-0.05, 0) is 25.5 Å². The molecular weight excluding hydrogens is 494 g/mol. The number of nitriles is 1. The molecule has 3 amide bonds. The molecule has 2 aromatic heterocycles. The molecule has 12 nitrogen and oxygen atoms in total. The maximum absolute atomic E-state index is 13.0. The lowest BCUT2D eigenvalue weighted by molar-refractivity contribution is 0.0362. The van der Waals surface area contributed by atoms with Crippen LogP contribution in [-0.2, 0) is 4.74 Å². The Bertz CT molecular complexity index is 1140. The van der Waals surface area contributed by atoms with Crippen molar-refractivity contribution >= 4 is 34.4 Å².